The smallest absolute Gasteiger partial charge is 0.333 e. The molecule has 0 aromatic heterocycles. The van der Waals surface area contributed by atoms with Gasteiger partial charge in [0.1, 0.15) is 13.2 Å². The lowest BCUT2D eigenvalue weighted by Gasteiger charge is -2.09. The first-order chi connectivity index (χ1) is 6.99. The van der Waals surface area contributed by atoms with E-state index in [0.717, 1.165) is 6.42 Å². The molecule has 0 spiro atoms. The molecule has 0 bridgehead atoms. The molecule has 0 saturated heterocycles. The summed E-state index contributed by atoms with van der Waals surface area (Å²) in [6, 6.07) is 0. The van der Waals surface area contributed by atoms with Crippen LogP contribution >= 0.6 is 0 Å². The molecule has 0 aliphatic rings. The molecule has 86 valence electrons. The topological polar surface area (TPSA) is 52.6 Å². The summed E-state index contributed by atoms with van der Waals surface area (Å²) in [5.74, 6) is -0.833. The molecule has 0 aliphatic carbocycles. The van der Waals surface area contributed by atoms with E-state index in [2.05, 4.69) is 6.58 Å². The molecule has 0 heterocycles. The van der Waals surface area contributed by atoms with E-state index in [1.807, 2.05) is 6.92 Å². The first-order valence-electron chi connectivity index (χ1n) is 4.98. The van der Waals surface area contributed by atoms with E-state index in [-0.39, 0.29) is 25.1 Å². The zero-order chi connectivity index (χ0) is 11.8. The van der Waals surface area contributed by atoms with Crippen LogP contribution in [-0.4, -0.2) is 25.2 Å². The molecule has 0 aromatic rings. The van der Waals surface area contributed by atoms with E-state index in [0.29, 0.717) is 5.57 Å². The Hall–Kier alpha value is -1.32. The van der Waals surface area contributed by atoms with Crippen LogP contribution in [0.3, 0.4) is 0 Å². The summed E-state index contributed by atoms with van der Waals surface area (Å²) in [6.45, 7) is 8.87. The van der Waals surface area contributed by atoms with E-state index in [4.69, 9.17) is 9.47 Å². The Morgan fingerprint density at radius 2 is 1.80 bits per heavy atom. The van der Waals surface area contributed by atoms with Gasteiger partial charge in [-0.15, -0.1) is 0 Å². The summed E-state index contributed by atoms with van der Waals surface area (Å²) < 4.78 is 9.63. The summed E-state index contributed by atoms with van der Waals surface area (Å²) in [5.41, 5.74) is 0.336. The van der Waals surface area contributed by atoms with Crippen molar-refractivity contribution in [3.63, 3.8) is 0 Å². The minimum absolute atomic E-state index is 0.0772. The third-order valence-electron chi connectivity index (χ3n) is 1.92. The van der Waals surface area contributed by atoms with Crippen molar-refractivity contribution in [2.75, 3.05) is 13.2 Å². The maximum absolute atomic E-state index is 11.2. The number of carbonyl (C=O) groups excluding carboxylic acids is 2. The number of ether oxygens (including phenoxy) is 2. The summed E-state index contributed by atoms with van der Waals surface area (Å²) in [5, 5.41) is 0. The second-order valence-electron chi connectivity index (χ2n) is 3.39. The van der Waals surface area contributed by atoms with Crippen LogP contribution < -0.4 is 0 Å². The average Bonchev–Trinajstić information content (AvgIpc) is 2.22. The molecule has 0 aliphatic heterocycles. The van der Waals surface area contributed by atoms with Crippen LogP contribution in [0.25, 0.3) is 0 Å². The third kappa shape index (κ3) is 5.88. The van der Waals surface area contributed by atoms with Gasteiger partial charge in [0.15, 0.2) is 0 Å². The maximum Gasteiger partial charge on any atom is 0.333 e. The van der Waals surface area contributed by atoms with Gasteiger partial charge in [-0.25, -0.2) is 4.79 Å². The molecule has 1 unspecified atom stereocenters. The van der Waals surface area contributed by atoms with E-state index < -0.39 is 5.97 Å². The van der Waals surface area contributed by atoms with Gasteiger partial charge in [0.25, 0.3) is 0 Å². The normalized spacial score (nSPS) is 11.7. The van der Waals surface area contributed by atoms with Gasteiger partial charge in [-0.3, -0.25) is 4.79 Å². The first-order valence-corrected chi connectivity index (χ1v) is 4.98. The van der Waals surface area contributed by atoms with E-state index in [9.17, 15) is 9.59 Å². The van der Waals surface area contributed by atoms with Gasteiger partial charge in [-0.2, -0.15) is 0 Å². The highest BCUT2D eigenvalue weighted by molar-refractivity contribution is 5.86. The van der Waals surface area contributed by atoms with Gasteiger partial charge in [0.2, 0.25) is 0 Å². The van der Waals surface area contributed by atoms with Gasteiger partial charge in [0.05, 0.1) is 5.92 Å². The van der Waals surface area contributed by atoms with Crippen LogP contribution in [-0.2, 0) is 19.1 Å². The molecular formula is C11H18O4. The lowest BCUT2D eigenvalue weighted by Crippen LogP contribution is -2.18. The minimum Gasteiger partial charge on any atom is -0.462 e. The number of rotatable bonds is 6. The van der Waals surface area contributed by atoms with Crippen molar-refractivity contribution in [1.82, 2.24) is 0 Å². The van der Waals surface area contributed by atoms with Crippen LogP contribution in [0.5, 0.6) is 0 Å². The Labute approximate surface area is 90.2 Å². The Morgan fingerprint density at radius 1 is 1.27 bits per heavy atom. The number of esters is 2. The molecular weight excluding hydrogens is 196 g/mol. The monoisotopic (exact) mass is 214 g/mol. The van der Waals surface area contributed by atoms with Crippen molar-refractivity contribution >= 4 is 11.9 Å². The minimum atomic E-state index is -0.463. The van der Waals surface area contributed by atoms with Crippen molar-refractivity contribution in [3.8, 4) is 0 Å². The Bertz CT molecular complexity index is 245. The highest BCUT2D eigenvalue weighted by Gasteiger charge is 2.11. The van der Waals surface area contributed by atoms with Gasteiger partial charge in [0, 0.05) is 5.57 Å². The van der Waals surface area contributed by atoms with Crippen molar-refractivity contribution in [3.05, 3.63) is 12.2 Å². The first kappa shape index (κ1) is 13.7. The molecule has 0 fully saturated rings. The molecule has 0 N–H and O–H groups in total. The fraction of sp³-hybridized carbons (Fsp3) is 0.636. The predicted molar refractivity (Wildman–Crippen MR) is 56.2 cm³/mol. The quantitative estimate of drug-likeness (QED) is 0.383. The van der Waals surface area contributed by atoms with Crippen molar-refractivity contribution in [2.24, 2.45) is 5.92 Å². The van der Waals surface area contributed by atoms with E-state index in [1.165, 1.54) is 0 Å². The SMILES string of the molecule is C=C(C)C(=O)OCCOC(=O)C(C)CC. The molecule has 0 rings (SSSR count). The number of hydrogen-bond acceptors (Lipinski definition) is 4. The van der Waals surface area contributed by atoms with Gasteiger partial charge >= 0.3 is 11.9 Å². The molecule has 4 nitrogen and oxygen atoms in total. The van der Waals surface area contributed by atoms with Crippen LogP contribution in [0.4, 0.5) is 0 Å². The fourth-order valence-corrected chi connectivity index (χ4v) is 0.709. The summed E-state index contributed by atoms with van der Waals surface area (Å²) in [4.78, 5) is 22.1. The highest BCUT2D eigenvalue weighted by atomic mass is 16.6. The van der Waals surface area contributed by atoms with Gasteiger partial charge < -0.3 is 9.47 Å². The average molecular weight is 214 g/mol. The van der Waals surface area contributed by atoms with Crippen LogP contribution in [0.1, 0.15) is 27.2 Å². The van der Waals surface area contributed by atoms with Crippen molar-refractivity contribution in [2.45, 2.75) is 27.2 Å². The Balaban J connectivity index is 3.59. The van der Waals surface area contributed by atoms with Gasteiger partial charge in [-0.1, -0.05) is 20.4 Å². The molecule has 4 heteroatoms. The zero-order valence-electron chi connectivity index (χ0n) is 9.54. The second kappa shape index (κ2) is 7.04. The Kier molecular flexibility index (Phi) is 6.42. The summed E-state index contributed by atoms with van der Waals surface area (Å²) >= 11 is 0. The third-order valence-corrected chi connectivity index (χ3v) is 1.92. The van der Waals surface area contributed by atoms with Crippen LogP contribution in [0, 0.1) is 5.92 Å². The Morgan fingerprint density at radius 3 is 2.27 bits per heavy atom. The number of hydrogen-bond donors (Lipinski definition) is 0. The van der Waals surface area contributed by atoms with Crippen molar-refractivity contribution < 1.29 is 19.1 Å². The lowest BCUT2D eigenvalue weighted by molar-refractivity contribution is -0.153. The number of carbonyl (C=O) groups is 2. The maximum atomic E-state index is 11.2. The predicted octanol–water partition coefficient (Wildman–Crippen LogP) is 1.70. The summed E-state index contributed by atoms with van der Waals surface area (Å²) in [7, 11) is 0. The molecule has 15 heavy (non-hydrogen) atoms. The van der Waals surface area contributed by atoms with Crippen LogP contribution in [0.15, 0.2) is 12.2 Å². The standard InChI is InChI=1S/C11H18O4/c1-5-9(4)11(13)15-7-6-14-10(12)8(2)3/h9H,2,5-7H2,1,3-4H3. The van der Waals surface area contributed by atoms with Crippen LogP contribution in [0.2, 0.25) is 0 Å². The second-order valence-corrected chi connectivity index (χ2v) is 3.39. The fourth-order valence-electron chi connectivity index (χ4n) is 0.709. The molecule has 0 saturated carbocycles. The summed E-state index contributed by atoms with van der Waals surface area (Å²) in [6.07, 6.45) is 0.740. The zero-order valence-corrected chi connectivity index (χ0v) is 9.54. The molecule has 0 amide bonds. The molecule has 0 aromatic carbocycles. The molecule has 0 radical (unpaired) electrons. The van der Waals surface area contributed by atoms with E-state index >= 15 is 0 Å². The van der Waals surface area contributed by atoms with E-state index in [1.54, 1.807) is 13.8 Å². The highest BCUT2D eigenvalue weighted by Crippen LogP contribution is 2.02. The van der Waals surface area contributed by atoms with Crippen molar-refractivity contribution in [1.29, 1.82) is 0 Å². The largest absolute Gasteiger partial charge is 0.462 e. The van der Waals surface area contributed by atoms with Gasteiger partial charge in [-0.05, 0) is 13.3 Å². The lowest BCUT2D eigenvalue weighted by atomic mass is 10.1. The molecule has 1 atom stereocenters.